The molecule has 1 aromatic carbocycles. The van der Waals surface area contributed by atoms with Gasteiger partial charge in [0.05, 0.1) is 36.5 Å². The van der Waals surface area contributed by atoms with E-state index in [4.69, 9.17) is 9.47 Å². The van der Waals surface area contributed by atoms with E-state index < -0.39 is 11.9 Å². The molecule has 0 saturated carbocycles. The number of rotatable bonds is 6. The second-order valence-corrected chi connectivity index (χ2v) is 5.89. The molecule has 118 valence electrons. The number of carbonyl (C=O) groups is 2. The van der Waals surface area contributed by atoms with Gasteiger partial charge in [-0.1, -0.05) is 0 Å². The fourth-order valence-corrected chi connectivity index (χ4v) is 3.04. The molecule has 3 rings (SSSR count). The normalized spacial score (nSPS) is 22.5. The number of hydrogen-bond donors (Lipinski definition) is 2. The molecule has 2 aliphatic rings. The smallest absolute Gasteiger partial charge is 0.336 e. The van der Waals surface area contributed by atoms with Crippen molar-refractivity contribution in [3.63, 3.8) is 0 Å². The van der Waals surface area contributed by atoms with Crippen molar-refractivity contribution in [2.24, 2.45) is 0 Å². The summed E-state index contributed by atoms with van der Waals surface area (Å²) in [5, 5.41) is 18.9. The predicted octanol–water partition coefficient (Wildman–Crippen LogP) is 1.58. The molecule has 2 heterocycles. The number of benzene rings is 1. The highest BCUT2D eigenvalue weighted by atomic mass is 16.6. The summed E-state index contributed by atoms with van der Waals surface area (Å²) in [6.45, 7) is 4.70. The van der Waals surface area contributed by atoms with Gasteiger partial charge in [0.2, 0.25) is 0 Å². The van der Waals surface area contributed by atoms with Crippen LogP contribution in [0.25, 0.3) is 0 Å². The molecule has 2 N–H and O–H groups in total. The quantitative estimate of drug-likeness (QED) is 0.774. The van der Waals surface area contributed by atoms with Crippen molar-refractivity contribution < 1.29 is 29.3 Å². The van der Waals surface area contributed by atoms with Crippen molar-refractivity contribution in [2.75, 3.05) is 13.2 Å². The number of aromatic carboxylic acids is 2. The molecule has 2 aliphatic heterocycles. The first kappa shape index (κ1) is 15.0. The maximum Gasteiger partial charge on any atom is 0.336 e. The average molecular weight is 306 g/mol. The number of hydrogen-bond acceptors (Lipinski definition) is 4. The summed E-state index contributed by atoms with van der Waals surface area (Å²) in [4.78, 5) is 23.2. The number of ether oxygens (including phenoxy) is 2. The van der Waals surface area contributed by atoms with Crippen LogP contribution in [0, 0.1) is 13.8 Å². The van der Waals surface area contributed by atoms with E-state index in [0.717, 1.165) is 11.1 Å². The summed E-state index contributed by atoms with van der Waals surface area (Å²) in [5.74, 6) is -2.41. The second kappa shape index (κ2) is 5.37. The monoisotopic (exact) mass is 306 g/mol. The summed E-state index contributed by atoms with van der Waals surface area (Å²) < 4.78 is 10.5. The van der Waals surface area contributed by atoms with Crippen molar-refractivity contribution in [3.05, 3.63) is 33.4 Å². The van der Waals surface area contributed by atoms with Gasteiger partial charge in [-0.3, -0.25) is 0 Å². The van der Waals surface area contributed by atoms with E-state index in [1.165, 1.54) is 0 Å². The maximum atomic E-state index is 11.6. The van der Waals surface area contributed by atoms with E-state index >= 15 is 0 Å². The van der Waals surface area contributed by atoms with Gasteiger partial charge < -0.3 is 19.7 Å². The lowest BCUT2D eigenvalue weighted by Gasteiger charge is -2.20. The standard InChI is InChI=1S/C16H18O6/c1-7-11(3-9-5-21-9)12(4-10-6-22-10)8(2)14(16(19)20)13(7)15(17)18/h9-10H,3-6H2,1-2H3,(H,17,18)(H,19,20). The summed E-state index contributed by atoms with van der Waals surface area (Å²) in [7, 11) is 0. The van der Waals surface area contributed by atoms with Crippen molar-refractivity contribution >= 4 is 11.9 Å². The molecular weight excluding hydrogens is 288 g/mol. The fraction of sp³-hybridized carbons (Fsp3) is 0.500. The highest BCUT2D eigenvalue weighted by Gasteiger charge is 2.33. The SMILES string of the molecule is Cc1c(CC2CO2)c(CC2CO2)c(C)c(C(=O)O)c1C(=O)O. The molecule has 2 atom stereocenters. The molecular formula is C16H18O6. The van der Waals surface area contributed by atoms with Crippen LogP contribution in [0.1, 0.15) is 43.0 Å². The summed E-state index contributed by atoms with van der Waals surface area (Å²) in [5.41, 5.74) is 2.64. The van der Waals surface area contributed by atoms with Gasteiger partial charge in [0, 0.05) is 12.8 Å². The number of carboxylic acid groups (broad SMARTS) is 2. The lowest BCUT2D eigenvalue weighted by Crippen LogP contribution is -2.19. The minimum Gasteiger partial charge on any atom is -0.478 e. The Hall–Kier alpha value is -1.92. The lowest BCUT2D eigenvalue weighted by molar-refractivity contribution is 0.0649. The van der Waals surface area contributed by atoms with Crippen LogP contribution in [-0.4, -0.2) is 47.6 Å². The highest BCUT2D eigenvalue weighted by molar-refractivity contribution is 6.04. The number of epoxide rings is 2. The van der Waals surface area contributed by atoms with Crippen LogP contribution < -0.4 is 0 Å². The molecule has 22 heavy (non-hydrogen) atoms. The zero-order valence-electron chi connectivity index (χ0n) is 12.5. The van der Waals surface area contributed by atoms with Crippen LogP contribution in [0.15, 0.2) is 0 Å². The maximum absolute atomic E-state index is 11.6. The molecule has 0 bridgehead atoms. The minimum atomic E-state index is -1.20. The van der Waals surface area contributed by atoms with E-state index in [-0.39, 0.29) is 23.3 Å². The molecule has 2 saturated heterocycles. The Balaban J connectivity index is 2.20. The Labute approximate surface area is 127 Å². The van der Waals surface area contributed by atoms with Gasteiger partial charge in [-0.25, -0.2) is 9.59 Å². The van der Waals surface area contributed by atoms with Gasteiger partial charge >= 0.3 is 11.9 Å². The van der Waals surface area contributed by atoms with Crippen LogP contribution in [0.3, 0.4) is 0 Å². The Kier molecular flexibility index (Phi) is 3.66. The lowest BCUT2D eigenvalue weighted by atomic mass is 9.84. The zero-order chi connectivity index (χ0) is 16.0. The Bertz CT molecular complexity index is 598. The van der Waals surface area contributed by atoms with E-state index in [1.807, 2.05) is 0 Å². The van der Waals surface area contributed by atoms with Gasteiger partial charge in [0.25, 0.3) is 0 Å². The van der Waals surface area contributed by atoms with Gasteiger partial charge in [0.1, 0.15) is 0 Å². The molecule has 0 radical (unpaired) electrons. The first-order chi connectivity index (χ1) is 10.4. The van der Waals surface area contributed by atoms with Crippen LogP contribution in [0.5, 0.6) is 0 Å². The summed E-state index contributed by atoms with van der Waals surface area (Å²) in [6.07, 6.45) is 1.45. The molecule has 0 amide bonds. The van der Waals surface area contributed by atoms with Gasteiger partial charge in [-0.05, 0) is 36.1 Å². The van der Waals surface area contributed by atoms with Crippen molar-refractivity contribution in [2.45, 2.75) is 38.9 Å². The molecule has 0 spiro atoms. The third kappa shape index (κ3) is 2.71. The van der Waals surface area contributed by atoms with Gasteiger partial charge in [0.15, 0.2) is 0 Å². The van der Waals surface area contributed by atoms with Crippen LogP contribution >= 0.6 is 0 Å². The van der Waals surface area contributed by atoms with Crippen molar-refractivity contribution in [1.29, 1.82) is 0 Å². The van der Waals surface area contributed by atoms with Gasteiger partial charge in [-0.2, -0.15) is 0 Å². The predicted molar refractivity (Wildman–Crippen MR) is 76.7 cm³/mol. The van der Waals surface area contributed by atoms with Crippen LogP contribution in [-0.2, 0) is 22.3 Å². The minimum absolute atomic E-state index is 0.106. The molecule has 2 unspecified atom stereocenters. The highest BCUT2D eigenvalue weighted by Crippen LogP contribution is 2.33. The summed E-state index contributed by atoms with van der Waals surface area (Å²) >= 11 is 0. The first-order valence-electron chi connectivity index (χ1n) is 7.24. The molecule has 6 nitrogen and oxygen atoms in total. The van der Waals surface area contributed by atoms with Crippen LogP contribution in [0.2, 0.25) is 0 Å². The van der Waals surface area contributed by atoms with E-state index in [2.05, 4.69) is 0 Å². The largest absolute Gasteiger partial charge is 0.478 e. The fourth-order valence-electron chi connectivity index (χ4n) is 3.04. The molecule has 1 aromatic rings. The third-order valence-electron chi connectivity index (χ3n) is 4.37. The Morgan fingerprint density at radius 3 is 1.45 bits per heavy atom. The third-order valence-corrected chi connectivity index (χ3v) is 4.37. The summed E-state index contributed by atoms with van der Waals surface area (Å²) in [6, 6.07) is 0. The van der Waals surface area contributed by atoms with Gasteiger partial charge in [-0.15, -0.1) is 0 Å². The molecule has 0 aliphatic carbocycles. The van der Waals surface area contributed by atoms with Crippen LogP contribution in [0.4, 0.5) is 0 Å². The number of carboxylic acids is 2. The van der Waals surface area contributed by atoms with Crippen molar-refractivity contribution in [1.82, 2.24) is 0 Å². The van der Waals surface area contributed by atoms with E-state index in [0.29, 0.717) is 37.2 Å². The zero-order valence-corrected chi connectivity index (χ0v) is 12.5. The molecule has 0 aromatic heterocycles. The molecule has 2 fully saturated rings. The molecule has 6 heteroatoms. The second-order valence-electron chi connectivity index (χ2n) is 5.89. The Morgan fingerprint density at radius 2 is 1.23 bits per heavy atom. The van der Waals surface area contributed by atoms with E-state index in [9.17, 15) is 19.8 Å². The topological polar surface area (TPSA) is 99.7 Å². The van der Waals surface area contributed by atoms with E-state index in [1.54, 1.807) is 13.8 Å². The van der Waals surface area contributed by atoms with Crippen molar-refractivity contribution in [3.8, 4) is 0 Å². The first-order valence-corrected chi connectivity index (χ1v) is 7.24. The average Bonchev–Trinajstić information content (AvgIpc) is 3.31. The Morgan fingerprint density at radius 1 is 0.909 bits per heavy atom.